The van der Waals surface area contributed by atoms with Crippen molar-refractivity contribution in [3.8, 4) is 0 Å². The molecule has 0 spiro atoms. The minimum atomic E-state index is -0.571. The molecule has 1 saturated heterocycles. The Morgan fingerprint density at radius 2 is 2.00 bits per heavy atom. The van der Waals surface area contributed by atoms with Crippen LogP contribution in [0, 0.1) is 6.92 Å². The third-order valence-electron chi connectivity index (χ3n) is 4.58. The Labute approximate surface area is 173 Å². The van der Waals surface area contributed by atoms with Crippen LogP contribution in [0.4, 0.5) is 10.5 Å². The second kappa shape index (κ2) is 9.83. The van der Waals surface area contributed by atoms with E-state index < -0.39 is 12.0 Å². The lowest BCUT2D eigenvalue weighted by Gasteiger charge is -2.27. The molecule has 0 saturated carbocycles. The van der Waals surface area contributed by atoms with E-state index in [1.165, 1.54) is 18.0 Å². The van der Waals surface area contributed by atoms with Crippen molar-refractivity contribution in [2.24, 2.45) is 0 Å². The monoisotopic (exact) mass is 416 g/mol. The first-order valence-corrected chi connectivity index (χ1v) is 9.49. The highest BCUT2D eigenvalue weighted by molar-refractivity contribution is 5.96. The number of carbonyl (C=O) groups is 3. The standard InChI is InChI=1S/C19H24N6O5/c1-13-11-14(17(26)24-7-9-30-10-8-24)3-4-15(13)21-19(28)20-5-6-25-12-16(22-23-25)18(27)29-2/h3-4,11-12H,5-10H2,1-2H3,(H2,20,21,28). The highest BCUT2D eigenvalue weighted by Gasteiger charge is 2.19. The third kappa shape index (κ3) is 5.32. The highest BCUT2D eigenvalue weighted by atomic mass is 16.5. The maximum Gasteiger partial charge on any atom is 0.360 e. The van der Waals surface area contributed by atoms with Gasteiger partial charge in [0.25, 0.3) is 5.91 Å². The minimum absolute atomic E-state index is 0.0449. The van der Waals surface area contributed by atoms with E-state index in [0.717, 1.165) is 5.56 Å². The minimum Gasteiger partial charge on any atom is -0.464 e. The number of nitrogens with one attached hydrogen (secondary N) is 2. The summed E-state index contributed by atoms with van der Waals surface area (Å²) in [7, 11) is 1.26. The molecule has 0 atom stereocenters. The van der Waals surface area contributed by atoms with Gasteiger partial charge in [0, 0.05) is 30.9 Å². The molecular formula is C19H24N6O5. The van der Waals surface area contributed by atoms with Crippen LogP contribution in [0.3, 0.4) is 0 Å². The van der Waals surface area contributed by atoms with Crippen LogP contribution >= 0.6 is 0 Å². The van der Waals surface area contributed by atoms with Gasteiger partial charge in [0.05, 0.1) is 33.1 Å². The van der Waals surface area contributed by atoms with E-state index in [4.69, 9.17) is 4.74 Å². The van der Waals surface area contributed by atoms with Gasteiger partial charge >= 0.3 is 12.0 Å². The van der Waals surface area contributed by atoms with Gasteiger partial charge in [-0.25, -0.2) is 14.3 Å². The summed E-state index contributed by atoms with van der Waals surface area (Å²) in [5.74, 6) is -0.616. The van der Waals surface area contributed by atoms with Crippen LogP contribution in [-0.2, 0) is 16.0 Å². The van der Waals surface area contributed by atoms with Gasteiger partial charge in [-0.15, -0.1) is 5.10 Å². The van der Waals surface area contributed by atoms with Crippen molar-refractivity contribution in [1.29, 1.82) is 0 Å². The van der Waals surface area contributed by atoms with Gasteiger partial charge in [-0.05, 0) is 30.7 Å². The largest absolute Gasteiger partial charge is 0.464 e. The summed E-state index contributed by atoms with van der Waals surface area (Å²) in [6, 6.07) is 4.78. The number of nitrogens with zero attached hydrogens (tertiary/aromatic N) is 4. The van der Waals surface area contributed by atoms with Crippen molar-refractivity contribution in [1.82, 2.24) is 25.2 Å². The Balaban J connectivity index is 1.49. The molecule has 2 N–H and O–H groups in total. The number of rotatable bonds is 6. The smallest absolute Gasteiger partial charge is 0.360 e. The highest BCUT2D eigenvalue weighted by Crippen LogP contribution is 2.18. The average molecular weight is 416 g/mol. The van der Waals surface area contributed by atoms with Crippen LogP contribution in [0.1, 0.15) is 26.4 Å². The molecule has 0 unspecified atom stereocenters. The van der Waals surface area contributed by atoms with Crippen molar-refractivity contribution < 1.29 is 23.9 Å². The van der Waals surface area contributed by atoms with Crippen molar-refractivity contribution in [2.75, 3.05) is 45.3 Å². The number of urea groups is 1. The molecule has 1 aliphatic heterocycles. The van der Waals surface area contributed by atoms with Crippen molar-refractivity contribution >= 4 is 23.6 Å². The number of morpholine rings is 1. The predicted molar refractivity (Wildman–Crippen MR) is 106 cm³/mol. The number of hydrogen-bond acceptors (Lipinski definition) is 7. The van der Waals surface area contributed by atoms with Gasteiger partial charge in [0.2, 0.25) is 0 Å². The molecule has 1 aromatic heterocycles. The number of benzene rings is 1. The molecule has 2 heterocycles. The molecule has 3 amide bonds. The van der Waals surface area contributed by atoms with Crippen molar-refractivity contribution in [2.45, 2.75) is 13.5 Å². The van der Waals surface area contributed by atoms with Crippen LogP contribution in [0.5, 0.6) is 0 Å². The molecule has 1 aliphatic rings. The van der Waals surface area contributed by atoms with Crippen LogP contribution in [-0.4, -0.2) is 77.8 Å². The topological polar surface area (TPSA) is 128 Å². The lowest BCUT2D eigenvalue weighted by atomic mass is 10.1. The number of ether oxygens (including phenoxy) is 2. The molecule has 11 heteroatoms. The van der Waals surface area contributed by atoms with Crippen LogP contribution in [0.15, 0.2) is 24.4 Å². The Kier molecular flexibility index (Phi) is 6.96. The number of aryl methyl sites for hydroxylation is 1. The zero-order valence-corrected chi connectivity index (χ0v) is 16.9. The molecule has 11 nitrogen and oxygen atoms in total. The van der Waals surface area contributed by atoms with Gasteiger partial charge in [0.1, 0.15) is 0 Å². The van der Waals surface area contributed by atoms with Crippen molar-refractivity contribution in [3.63, 3.8) is 0 Å². The number of hydrogen-bond donors (Lipinski definition) is 2. The summed E-state index contributed by atoms with van der Waals surface area (Å²) in [6.07, 6.45) is 1.44. The summed E-state index contributed by atoms with van der Waals surface area (Å²) in [5.41, 5.74) is 2.07. The first-order valence-electron chi connectivity index (χ1n) is 9.49. The summed E-state index contributed by atoms with van der Waals surface area (Å²) in [5, 5.41) is 13.0. The molecule has 0 aliphatic carbocycles. The number of anilines is 1. The number of methoxy groups -OCH3 is 1. The number of aromatic nitrogens is 3. The van der Waals surface area contributed by atoms with Crippen LogP contribution in [0.25, 0.3) is 0 Å². The SMILES string of the molecule is COC(=O)c1cn(CCNC(=O)Nc2ccc(C(=O)N3CCOCC3)cc2C)nn1. The van der Waals surface area contributed by atoms with Crippen LogP contribution < -0.4 is 10.6 Å². The Hall–Kier alpha value is -3.47. The van der Waals surface area contributed by atoms with Gasteiger partial charge in [-0.1, -0.05) is 5.21 Å². The fourth-order valence-corrected chi connectivity index (χ4v) is 2.94. The van der Waals surface area contributed by atoms with E-state index in [1.54, 1.807) is 23.1 Å². The molecule has 3 rings (SSSR count). The Morgan fingerprint density at radius 1 is 1.23 bits per heavy atom. The number of esters is 1. The van der Waals surface area contributed by atoms with E-state index in [0.29, 0.717) is 44.1 Å². The first-order chi connectivity index (χ1) is 14.5. The number of amides is 3. The molecular weight excluding hydrogens is 392 g/mol. The summed E-state index contributed by atoms with van der Waals surface area (Å²) in [6.45, 7) is 4.69. The maximum absolute atomic E-state index is 12.6. The fraction of sp³-hybridized carbons (Fsp3) is 0.421. The quantitative estimate of drug-likeness (QED) is 0.663. The molecule has 160 valence electrons. The summed E-state index contributed by atoms with van der Waals surface area (Å²) in [4.78, 5) is 37.8. The molecule has 1 aromatic carbocycles. The van der Waals surface area contributed by atoms with E-state index in [1.807, 2.05) is 6.92 Å². The maximum atomic E-state index is 12.6. The molecule has 0 bridgehead atoms. The molecule has 0 radical (unpaired) electrons. The first kappa shape index (κ1) is 21.2. The van der Waals surface area contributed by atoms with Gasteiger partial charge in [-0.2, -0.15) is 0 Å². The summed E-state index contributed by atoms with van der Waals surface area (Å²) < 4.78 is 11.3. The second-order valence-electron chi connectivity index (χ2n) is 6.67. The average Bonchev–Trinajstić information content (AvgIpc) is 3.23. The third-order valence-corrected chi connectivity index (χ3v) is 4.58. The van der Waals surface area contributed by atoms with Gasteiger partial charge < -0.3 is 25.0 Å². The number of carbonyl (C=O) groups excluding carboxylic acids is 3. The Bertz CT molecular complexity index is 922. The van der Waals surface area contributed by atoms with E-state index in [-0.39, 0.29) is 18.1 Å². The predicted octanol–water partition coefficient (Wildman–Crippen LogP) is 0.667. The second-order valence-corrected chi connectivity index (χ2v) is 6.67. The lowest BCUT2D eigenvalue weighted by Crippen LogP contribution is -2.40. The van der Waals surface area contributed by atoms with Gasteiger partial charge in [-0.3, -0.25) is 4.79 Å². The zero-order chi connectivity index (χ0) is 21.5. The zero-order valence-electron chi connectivity index (χ0n) is 16.9. The molecule has 2 aromatic rings. The lowest BCUT2D eigenvalue weighted by molar-refractivity contribution is 0.0303. The normalized spacial score (nSPS) is 13.6. The van der Waals surface area contributed by atoms with Gasteiger partial charge in [0.15, 0.2) is 5.69 Å². The van der Waals surface area contributed by atoms with E-state index in [9.17, 15) is 14.4 Å². The van der Waals surface area contributed by atoms with E-state index in [2.05, 4.69) is 25.7 Å². The van der Waals surface area contributed by atoms with Crippen LogP contribution in [0.2, 0.25) is 0 Å². The molecule has 1 fully saturated rings. The Morgan fingerprint density at radius 3 is 2.70 bits per heavy atom. The van der Waals surface area contributed by atoms with Crippen molar-refractivity contribution in [3.05, 3.63) is 41.2 Å². The fourth-order valence-electron chi connectivity index (χ4n) is 2.94. The van der Waals surface area contributed by atoms with E-state index >= 15 is 0 Å². The summed E-state index contributed by atoms with van der Waals surface area (Å²) >= 11 is 0. The molecule has 30 heavy (non-hydrogen) atoms.